The van der Waals surface area contributed by atoms with Crippen LogP contribution in [-0.4, -0.2) is 64.5 Å². The molecule has 1 aromatic heterocycles. The largest absolute Gasteiger partial charge is 0.497 e. The van der Waals surface area contributed by atoms with Crippen molar-refractivity contribution in [2.45, 2.75) is 38.1 Å². The maximum atomic E-state index is 13.6. The van der Waals surface area contributed by atoms with Crippen molar-refractivity contribution in [3.8, 4) is 17.2 Å². The summed E-state index contributed by atoms with van der Waals surface area (Å²) in [5.41, 5.74) is 0.985. The predicted molar refractivity (Wildman–Crippen MR) is 150 cm³/mol. The van der Waals surface area contributed by atoms with Crippen molar-refractivity contribution in [1.29, 1.82) is 0 Å². The van der Waals surface area contributed by atoms with E-state index < -0.39 is 10.0 Å². The topological polar surface area (TPSA) is 85.4 Å². The summed E-state index contributed by atoms with van der Waals surface area (Å²) in [7, 11) is 0.830. The molecule has 0 aliphatic rings. The molecule has 0 atom stereocenters. The van der Waals surface area contributed by atoms with Crippen molar-refractivity contribution in [2.75, 3.05) is 41.0 Å². The standard InChI is InChI=1S/C28H36N2O6S2/c1-6-16-30(38(32,33)25-12-9-23(34-3)10-13-25)20-28(31)29(19-24-11-7-21(2)37-24)17-15-22-8-14-26(35-4)27(18-22)36-5/h7-14,18H,6,15-17,19-20H2,1-5H3. The Morgan fingerprint density at radius 2 is 1.61 bits per heavy atom. The van der Waals surface area contributed by atoms with Crippen molar-refractivity contribution < 1.29 is 27.4 Å². The van der Waals surface area contributed by atoms with E-state index in [4.69, 9.17) is 14.2 Å². The lowest BCUT2D eigenvalue weighted by atomic mass is 10.1. The molecule has 0 aliphatic heterocycles. The highest BCUT2D eigenvalue weighted by molar-refractivity contribution is 7.89. The summed E-state index contributed by atoms with van der Waals surface area (Å²) in [5.74, 6) is 1.57. The molecule has 3 aromatic rings. The number of rotatable bonds is 14. The van der Waals surface area contributed by atoms with Crippen LogP contribution in [0.4, 0.5) is 0 Å². The third-order valence-corrected chi connectivity index (χ3v) is 8.94. The molecule has 0 fully saturated rings. The van der Waals surface area contributed by atoms with Gasteiger partial charge in [-0.1, -0.05) is 13.0 Å². The van der Waals surface area contributed by atoms with Gasteiger partial charge in [-0.2, -0.15) is 4.31 Å². The molecule has 0 aliphatic carbocycles. The van der Waals surface area contributed by atoms with E-state index in [9.17, 15) is 13.2 Å². The molecule has 206 valence electrons. The first kappa shape index (κ1) is 29.5. The quantitative estimate of drug-likeness (QED) is 0.283. The summed E-state index contributed by atoms with van der Waals surface area (Å²) in [6, 6.07) is 15.9. The Morgan fingerprint density at radius 1 is 0.895 bits per heavy atom. The molecule has 0 spiro atoms. The molecule has 1 amide bonds. The van der Waals surface area contributed by atoms with Gasteiger partial charge < -0.3 is 19.1 Å². The van der Waals surface area contributed by atoms with Crippen LogP contribution in [-0.2, 0) is 27.8 Å². The van der Waals surface area contributed by atoms with Crippen LogP contribution in [0.1, 0.15) is 28.7 Å². The fraction of sp³-hybridized carbons (Fsp3) is 0.393. The molecule has 0 saturated carbocycles. The maximum Gasteiger partial charge on any atom is 0.243 e. The smallest absolute Gasteiger partial charge is 0.243 e. The second-order valence-electron chi connectivity index (χ2n) is 8.78. The molecule has 2 aromatic carbocycles. The number of ether oxygens (including phenoxy) is 3. The van der Waals surface area contributed by atoms with Crippen LogP contribution in [0.15, 0.2) is 59.5 Å². The van der Waals surface area contributed by atoms with Gasteiger partial charge in [0.1, 0.15) is 5.75 Å². The zero-order valence-electron chi connectivity index (χ0n) is 22.6. The molecule has 38 heavy (non-hydrogen) atoms. The molecule has 0 bridgehead atoms. The molecular weight excluding hydrogens is 524 g/mol. The number of carbonyl (C=O) groups excluding carboxylic acids is 1. The zero-order chi connectivity index (χ0) is 27.7. The van der Waals surface area contributed by atoms with Crippen LogP contribution in [0, 0.1) is 6.92 Å². The minimum absolute atomic E-state index is 0.130. The minimum atomic E-state index is -3.87. The Balaban J connectivity index is 1.82. The minimum Gasteiger partial charge on any atom is -0.497 e. The molecule has 10 heteroatoms. The van der Waals surface area contributed by atoms with Crippen molar-refractivity contribution in [1.82, 2.24) is 9.21 Å². The zero-order valence-corrected chi connectivity index (χ0v) is 24.2. The van der Waals surface area contributed by atoms with E-state index in [1.54, 1.807) is 42.6 Å². The summed E-state index contributed by atoms with van der Waals surface area (Å²) in [5, 5.41) is 0. The van der Waals surface area contributed by atoms with Crippen LogP contribution in [0.3, 0.4) is 0 Å². The fourth-order valence-corrected chi connectivity index (χ4v) is 6.42. The van der Waals surface area contributed by atoms with E-state index >= 15 is 0 Å². The van der Waals surface area contributed by atoms with Gasteiger partial charge in [0.2, 0.25) is 15.9 Å². The average Bonchev–Trinajstić information content (AvgIpc) is 3.34. The van der Waals surface area contributed by atoms with E-state index in [0.29, 0.717) is 43.2 Å². The Morgan fingerprint density at radius 3 is 2.18 bits per heavy atom. The highest BCUT2D eigenvalue weighted by atomic mass is 32.2. The summed E-state index contributed by atoms with van der Waals surface area (Å²) >= 11 is 1.63. The number of hydrogen-bond donors (Lipinski definition) is 0. The van der Waals surface area contributed by atoms with E-state index in [1.807, 2.05) is 44.2 Å². The van der Waals surface area contributed by atoms with Gasteiger partial charge in [-0.05, 0) is 73.9 Å². The first-order chi connectivity index (χ1) is 18.2. The highest BCUT2D eigenvalue weighted by Gasteiger charge is 2.28. The van der Waals surface area contributed by atoms with Crippen molar-refractivity contribution in [3.05, 3.63) is 69.9 Å². The van der Waals surface area contributed by atoms with Crippen molar-refractivity contribution in [3.63, 3.8) is 0 Å². The van der Waals surface area contributed by atoms with Gasteiger partial charge >= 0.3 is 0 Å². The number of hydrogen-bond acceptors (Lipinski definition) is 7. The fourth-order valence-electron chi connectivity index (χ4n) is 4.03. The molecule has 0 N–H and O–H groups in total. The summed E-state index contributed by atoms with van der Waals surface area (Å²) in [4.78, 5) is 17.7. The third-order valence-electron chi connectivity index (χ3n) is 6.10. The molecule has 0 unspecified atom stereocenters. The van der Waals surface area contributed by atoms with Crippen molar-refractivity contribution >= 4 is 27.3 Å². The van der Waals surface area contributed by atoms with E-state index in [1.165, 1.54) is 23.5 Å². The second-order valence-corrected chi connectivity index (χ2v) is 12.1. The predicted octanol–water partition coefficient (Wildman–Crippen LogP) is 4.75. The Bertz CT molecular complexity index is 1310. The lowest BCUT2D eigenvalue weighted by molar-refractivity contribution is -0.132. The molecule has 3 rings (SSSR count). The first-order valence-electron chi connectivity index (χ1n) is 12.4. The van der Waals surface area contributed by atoms with Gasteiger partial charge in [0, 0.05) is 22.8 Å². The number of benzene rings is 2. The lowest BCUT2D eigenvalue weighted by Gasteiger charge is -2.27. The molecule has 1 heterocycles. The van der Waals surface area contributed by atoms with Crippen LogP contribution in [0.2, 0.25) is 0 Å². The lowest BCUT2D eigenvalue weighted by Crippen LogP contribution is -2.43. The Kier molecular flexibility index (Phi) is 10.6. The van der Waals surface area contributed by atoms with Gasteiger partial charge in [-0.15, -0.1) is 11.3 Å². The second kappa shape index (κ2) is 13.6. The number of methoxy groups -OCH3 is 3. The average molecular weight is 561 g/mol. The van der Waals surface area contributed by atoms with Gasteiger partial charge in [0.05, 0.1) is 39.3 Å². The summed E-state index contributed by atoms with van der Waals surface area (Å²) in [6.45, 7) is 4.75. The number of thiophene rings is 1. The maximum absolute atomic E-state index is 13.6. The molecule has 0 radical (unpaired) electrons. The monoisotopic (exact) mass is 560 g/mol. The number of carbonyl (C=O) groups is 1. The number of sulfonamides is 1. The molecule has 8 nitrogen and oxygen atoms in total. The van der Waals surface area contributed by atoms with Crippen molar-refractivity contribution in [2.24, 2.45) is 0 Å². The first-order valence-corrected chi connectivity index (χ1v) is 14.7. The van der Waals surface area contributed by atoms with Gasteiger partial charge in [0.15, 0.2) is 11.5 Å². The highest BCUT2D eigenvalue weighted by Crippen LogP contribution is 2.28. The summed E-state index contributed by atoms with van der Waals surface area (Å²) in [6.07, 6.45) is 1.16. The SMILES string of the molecule is CCCN(CC(=O)N(CCc1ccc(OC)c(OC)c1)Cc1ccc(C)s1)S(=O)(=O)c1ccc(OC)cc1. The van der Waals surface area contributed by atoms with Gasteiger partial charge in [-0.3, -0.25) is 4.79 Å². The van der Waals surface area contributed by atoms with E-state index in [-0.39, 0.29) is 23.9 Å². The van der Waals surface area contributed by atoms with E-state index in [2.05, 4.69) is 0 Å². The van der Waals surface area contributed by atoms with Crippen LogP contribution in [0.5, 0.6) is 17.2 Å². The van der Waals surface area contributed by atoms with Crippen LogP contribution >= 0.6 is 11.3 Å². The number of nitrogens with zero attached hydrogens (tertiary/aromatic N) is 2. The Hall–Kier alpha value is -3.08. The van der Waals surface area contributed by atoms with E-state index in [0.717, 1.165) is 15.3 Å². The Labute approximate surface area is 229 Å². The summed E-state index contributed by atoms with van der Waals surface area (Å²) < 4.78 is 44.0. The molecule has 0 saturated heterocycles. The van der Waals surface area contributed by atoms with Gasteiger partial charge in [0.25, 0.3) is 0 Å². The van der Waals surface area contributed by atoms with Crippen LogP contribution in [0.25, 0.3) is 0 Å². The normalized spacial score (nSPS) is 11.4. The number of aryl methyl sites for hydroxylation is 1. The third kappa shape index (κ3) is 7.49. The number of amides is 1. The van der Waals surface area contributed by atoms with Gasteiger partial charge in [-0.25, -0.2) is 8.42 Å². The van der Waals surface area contributed by atoms with Crippen LogP contribution < -0.4 is 14.2 Å². The molecular formula is C28H36N2O6S2.